The van der Waals surface area contributed by atoms with Gasteiger partial charge in [-0.3, -0.25) is 9.78 Å². The lowest BCUT2D eigenvalue weighted by atomic mass is 10.1. The van der Waals surface area contributed by atoms with E-state index in [1.807, 2.05) is 0 Å². The average Bonchev–Trinajstić information content (AvgIpc) is 2.90. The molecule has 1 saturated heterocycles. The summed E-state index contributed by atoms with van der Waals surface area (Å²) in [6, 6.07) is 6.78. The highest BCUT2D eigenvalue weighted by atomic mass is 19.4. The summed E-state index contributed by atoms with van der Waals surface area (Å²) in [6.45, 7) is 1.40. The number of rotatable bonds is 3. The first kappa shape index (κ1) is 18.2. The summed E-state index contributed by atoms with van der Waals surface area (Å²) in [5.74, 6) is -0.132. The zero-order valence-corrected chi connectivity index (χ0v) is 14.2. The zero-order valence-electron chi connectivity index (χ0n) is 14.2. The van der Waals surface area contributed by atoms with Gasteiger partial charge in [0.25, 0.3) is 5.91 Å². The van der Waals surface area contributed by atoms with Crippen LogP contribution in [0.2, 0.25) is 0 Å². The Balaban J connectivity index is 1.81. The van der Waals surface area contributed by atoms with Crippen molar-refractivity contribution in [3.05, 3.63) is 53.9 Å². The van der Waals surface area contributed by atoms with Crippen molar-refractivity contribution < 1.29 is 18.0 Å². The number of nitrogens with one attached hydrogen (secondary N) is 1. The van der Waals surface area contributed by atoms with Crippen LogP contribution in [0.1, 0.15) is 41.6 Å². The Morgan fingerprint density at radius 2 is 1.73 bits per heavy atom. The summed E-state index contributed by atoms with van der Waals surface area (Å²) in [5, 5.41) is 2.74. The number of benzene rings is 1. The number of hydrogen-bond donors (Lipinski definition) is 1. The molecule has 0 bridgehead atoms. The molecule has 1 fully saturated rings. The van der Waals surface area contributed by atoms with Crippen LogP contribution >= 0.6 is 0 Å². The Hall–Kier alpha value is -2.57. The minimum absolute atomic E-state index is 0.0684. The van der Waals surface area contributed by atoms with Gasteiger partial charge in [-0.2, -0.15) is 13.2 Å². The lowest BCUT2D eigenvalue weighted by molar-refractivity contribution is -0.136. The minimum Gasteiger partial charge on any atom is -0.354 e. The fourth-order valence-corrected chi connectivity index (χ4v) is 3.08. The van der Waals surface area contributed by atoms with E-state index < -0.39 is 11.7 Å². The van der Waals surface area contributed by atoms with Gasteiger partial charge in [0.15, 0.2) is 0 Å². The molecule has 2 aromatic rings. The van der Waals surface area contributed by atoms with Crippen molar-refractivity contribution in [1.82, 2.24) is 9.88 Å². The molecule has 0 spiro atoms. The molecule has 3 rings (SSSR count). The number of alkyl halides is 3. The minimum atomic E-state index is -4.46. The monoisotopic (exact) mass is 363 g/mol. The van der Waals surface area contributed by atoms with E-state index >= 15 is 0 Å². The number of halogens is 3. The van der Waals surface area contributed by atoms with Gasteiger partial charge < -0.3 is 10.2 Å². The molecule has 2 heterocycles. The first-order chi connectivity index (χ1) is 12.4. The molecule has 1 N–H and O–H groups in total. The third-order valence-electron chi connectivity index (χ3n) is 4.39. The topological polar surface area (TPSA) is 45.2 Å². The molecule has 1 aromatic heterocycles. The van der Waals surface area contributed by atoms with Gasteiger partial charge in [0, 0.05) is 19.3 Å². The molecule has 1 aliphatic rings. The van der Waals surface area contributed by atoms with Crippen LogP contribution in [0.4, 0.5) is 24.5 Å². The van der Waals surface area contributed by atoms with Gasteiger partial charge in [0.1, 0.15) is 0 Å². The number of pyridine rings is 1. The van der Waals surface area contributed by atoms with E-state index in [2.05, 4.69) is 10.3 Å². The second kappa shape index (κ2) is 7.76. The number of anilines is 2. The van der Waals surface area contributed by atoms with E-state index in [1.54, 1.807) is 11.0 Å². The van der Waals surface area contributed by atoms with Gasteiger partial charge in [-0.1, -0.05) is 25.0 Å². The first-order valence-corrected chi connectivity index (χ1v) is 8.63. The molecule has 0 aliphatic carbocycles. The summed E-state index contributed by atoms with van der Waals surface area (Å²) in [6.07, 6.45) is 2.55. The molecule has 26 heavy (non-hydrogen) atoms. The van der Waals surface area contributed by atoms with E-state index in [-0.39, 0.29) is 11.6 Å². The summed E-state index contributed by atoms with van der Waals surface area (Å²) in [5.41, 5.74) is -0.103. The van der Waals surface area contributed by atoms with E-state index in [0.29, 0.717) is 24.3 Å². The Morgan fingerprint density at radius 1 is 1.04 bits per heavy atom. The molecule has 0 unspecified atom stereocenters. The van der Waals surface area contributed by atoms with Gasteiger partial charge in [-0.25, -0.2) is 0 Å². The molecule has 0 saturated carbocycles. The number of amides is 1. The maximum Gasteiger partial charge on any atom is 0.418 e. The second-order valence-electron chi connectivity index (χ2n) is 6.34. The normalized spacial score (nSPS) is 15.4. The highest BCUT2D eigenvalue weighted by molar-refractivity contribution is 5.95. The predicted octanol–water partition coefficient (Wildman–Crippen LogP) is 4.86. The highest BCUT2D eigenvalue weighted by Crippen LogP contribution is 2.35. The van der Waals surface area contributed by atoms with Crippen LogP contribution in [0.25, 0.3) is 0 Å². The number of aromatic nitrogens is 1. The van der Waals surface area contributed by atoms with Crippen LogP contribution in [-0.4, -0.2) is 28.9 Å². The molecule has 0 atom stereocenters. The average molecular weight is 363 g/mol. The highest BCUT2D eigenvalue weighted by Gasteiger charge is 2.33. The molecule has 7 heteroatoms. The molecule has 0 radical (unpaired) electrons. The van der Waals surface area contributed by atoms with Crippen LogP contribution in [0.15, 0.2) is 42.7 Å². The maximum atomic E-state index is 13.1. The molecular formula is C19H20F3N3O. The predicted molar refractivity (Wildman–Crippen MR) is 93.3 cm³/mol. The third kappa shape index (κ3) is 4.33. The second-order valence-corrected chi connectivity index (χ2v) is 6.34. The largest absolute Gasteiger partial charge is 0.418 e. The van der Waals surface area contributed by atoms with Crippen LogP contribution in [-0.2, 0) is 6.18 Å². The van der Waals surface area contributed by atoms with Crippen molar-refractivity contribution in [2.45, 2.75) is 31.9 Å². The van der Waals surface area contributed by atoms with E-state index in [0.717, 1.165) is 31.7 Å². The number of nitrogens with zero attached hydrogens (tertiary/aromatic N) is 2. The maximum absolute atomic E-state index is 13.1. The summed E-state index contributed by atoms with van der Waals surface area (Å²) in [7, 11) is 0. The van der Waals surface area contributed by atoms with Gasteiger partial charge in [0.2, 0.25) is 0 Å². The molecular weight excluding hydrogens is 343 g/mol. The van der Waals surface area contributed by atoms with Gasteiger partial charge in [-0.05, 0) is 31.0 Å². The van der Waals surface area contributed by atoms with Crippen LogP contribution < -0.4 is 5.32 Å². The lowest BCUT2D eigenvalue weighted by Crippen LogP contribution is -2.31. The number of carbonyl (C=O) groups is 1. The summed E-state index contributed by atoms with van der Waals surface area (Å²) in [4.78, 5) is 18.5. The SMILES string of the molecule is O=C(c1cncc(Nc2ccccc2C(F)(F)F)c1)N1CCCCCC1. The van der Waals surface area contributed by atoms with Gasteiger partial charge >= 0.3 is 6.18 Å². The molecule has 1 amide bonds. The standard InChI is InChI=1S/C19H20F3N3O/c20-19(21,22)16-7-3-4-8-17(16)24-15-11-14(12-23-13-15)18(26)25-9-5-1-2-6-10-25/h3-4,7-8,11-13,24H,1-2,5-6,9-10H2. The Kier molecular flexibility index (Phi) is 5.44. The smallest absolute Gasteiger partial charge is 0.354 e. The fraction of sp³-hybridized carbons (Fsp3) is 0.368. The number of hydrogen-bond acceptors (Lipinski definition) is 3. The van der Waals surface area contributed by atoms with Crippen molar-refractivity contribution in [1.29, 1.82) is 0 Å². The van der Waals surface area contributed by atoms with Crippen LogP contribution in [0.5, 0.6) is 0 Å². The Morgan fingerprint density at radius 3 is 2.42 bits per heavy atom. The number of carbonyl (C=O) groups excluding carboxylic acids is 1. The van der Waals surface area contributed by atoms with Crippen molar-refractivity contribution in [2.75, 3.05) is 18.4 Å². The zero-order chi connectivity index (χ0) is 18.6. The third-order valence-corrected chi connectivity index (χ3v) is 4.39. The Bertz CT molecular complexity index is 769. The quantitative estimate of drug-likeness (QED) is 0.847. The summed E-state index contributed by atoms with van der Waals surface area (Å²) < 4.78 is 39.4. The molecule has 138 valence electrons. The first-order valence-electron chi connectivity index (χ1n) is 8.63. The van der Waals surface area contributed by atoms with Crippen molar-refractivity contribution in [3.63, 3.8) is 0 Å². The van der Waals surface area contributed by atoms with Gasteiger partial charge in [-0.15, -0.1) is 0 Å². The molecule has 1 aromatic carbocycles. The van der Waals surface area contributed by atoms with Crippen LogP contribution in [0, 0.1) is 0 Å². The Labute approximate surface area is 150 Å². The molecule has 4 nitrogen and oxygen atoms in total. The number of likely N-dealkylation sites (tertiary alicyclic amines) is 1. The van der Waals surface area contributed by atoms with E-state index in [9.17, 15) is 18.0 Å². The van der Waals surface area contributed by atoms with Gasteiger partial charge in [0.05, 0.1) is 28.7 Å². The van der Waals surface area contributed by atoms with Crippen molar-refractivity contribution in [2.24, 2.45) is 0 Å². The van der Waals surface area contributed by atoms with E-state index in [1.165, 1.54) is 30.6 Å². The van der Waals surface area contributed by atoms with Crippen molar-refractivity contribution >= 4 is 17.3 Å². The lowest BCUT2D eigenvalue weighted by Gasteiger charge is -2.20. The molecule has 1 aliphatic heterocycles. The van der Waals surface area contributed by atoms with Crippen LogP contribution in [0.3, 0.4) is 0 Å². The van der Waals surface area contributed by atoms with E-state index in [4.69, 9.17) is 0 Å². The summed E-state index contributed by atoms with van der Waals surface area (Å²) >= 11 is 0. The fourth-order valence-electron chi connectivity index (χ4n) is 3.08. The van der Waals surface area contributed by atoms with Crippen molar-refractivity contribution in [3.8, 4) is 0 Å². The number of para-hydroxylation sites is 1.